The van der Waals surface area contributed by atoms with Crippen molar-refractivity contribution in [2.75, 3.05) is 38.3 Å². The molecule has 3 aromatic carbocycles. The van der Waals surface area contributed by atoms with Crippen molar-refractivity contribution in [3.8, 4) is 0 Å². The van der Waals surface area contributed by atoms with E-state index in [1.54, 1.807) is 0 Å². The molecular weight excluding hydrogens is 426 g/mol. The van der Waals surface area contributed by atoms with Crippen LogP contribution in [0, 0.1) is 0 Å². The van der Waals surface area contributed by atoms with Gasteiger partial charge in [0.25, 0.3) is 5.91 Å². The maximum atomic E-state index is 12.5. The Morgan fingerprint density at radius 1 is 1.09 bits per heavy atom. The second-order valence-corrected chi connectivity index (χ2v) is 9.62. The van der Waals surface area contributed by atoms with Gasteiger partial charge in [0.1, 0.15) is 5.69 Å². The molecule has 0 unspecified atom stereocenters. The summed E-state index contributed by atoms with van der Waals surface area (Å²) in [6, 6.07) is 18.9. The topological polar surface area (TPSA) is 49.0 Å². The van der Waals surface area contributed by atoms with E-state index in [1.165, 1.54) is 33.3 Å². The summed E-state index contributed by atoms with van der Waals surface area (Å²) in [5.74, 6) is 0.576. The van der Waals surface area contributed by atoms with Gasteiger partial charge in [0.05, 0.1) is 7.05 Å². The summed E-state index contributed by atoms with van der Waals surface area (Å²) >= 11 is 4.18. The number of rotatable bonds is 9. The average molecular weight is 463 g/mol. The molecule has 0 bridgehead atoms. The number of thiol groups is 1. The number of nitrogens with zero attached hydrogens (tertiary/aromatic N) is 1. The first-order valence-corrected chi connectivity index (χ1v) is 12.1. The first-order chi connectivity index (χ1) is 15.8. The van der Waals surface area contributed by atoms with Gasteiger partial charge in [-0.1, -0.05) is 56.3 Å². The van der Waals surface area contributed by atoms with E-state index in [-0.39, 0.29) is 11.3 Å². The van der Waals surface area contributed by atoms with Crippen molar-refractivity contribution in [2.45, 2.75) is 25.7 Å². The number of hydrogen-bond donors (Lipinski definition) is 3. The quantitative estimate of drug-likeness (QED) is 0.317. The number of anilines is 1. The maximum Gasteiger partial charge on any atom is 0.251 e. The van der Waals surface area contributed by atoms with E-state index in [4.69, 9.17) is 0 Å². The van der Waals surface area contributed by atoms with Crippen LogP contribution in [0.2, 0.25) is 0 Å². The lowest BCUT2D eigenvalue weighted by Gasteiger charge is -2.25. The van der Waals surface area contributed by atoms with Crippen molar-refractivity contribution in [1.29, 1.82) is 0 Å². The van der Waals surface area contributed by atoms with E-state index in [9.17, 15) is 4.79 Å². The number of quaternary nitrogens is 1. The van der Waals surface area contributed by atoms with Gasteiger partial charge >= 0.3 is 0 Å². The van der Waals surface area contributed by atoms with Gasteiger partial charge in [-0.3, -0.25) is 4.79 Å². The van der Waals surface area contributed by atoms with Crippen LogP contribution in [0.5, 0.6) is 0 Å². The first kappa shape index (κ1) is 24.9. The Hall–Kier alpha value is -2.76. The van der Waals surface area contributed by atoms with E-state index in [2.05, 4.69) is 105 Å². The number of nitrogens with one attached hydrogen (secondary N) is 1. The van der Waals surface area contributed by atoms with Crippen molar-refractivity contribution >= 4 is 46.8 Å². The lowest BCUT2D eigenvalue weighted by atomic mass is 9.79. The van der Waals surface area contributed by atoms with E-state index in [1.807, 2.05) is 25.2 Å². The monoisotopic (exact) mass is 462 g/mol. The van der Waals surface area contributed by atoms with Gasteiger partial charge < -0.3 is 15.5 Å². The summed E-state index contributed by atoms with van der Waals surface area (Å²) in [4.78, 5) is 14.7. The summed E-state index contributed by atoms with van der Waals surface area (Å²) in [6.45, 7) is 5.04. The molecule has 4 nitrogen and oxygen atoms in total. The highest BCUT2D eigenvalue weighted by Gasteiger charge is 2.25. The molecule has 3 rings (SSSR count). The zero-order chi connectivity index (χ0) is 24.0. The predicted molar refractivity (Wildman–Crippen MR) is 145 cm³/mol. The van der Waals surface area contributed by atoms with Crippen molar-refractivity contribution in [3.05, 3.63) is 77.4 Å². The molecule has 1 amide bonds. The molecule has 0 radical (unpaired) electrons. The fourth-order valence-corrected chi connectivity index (χ4v) is 4.35. The Morgan fingerprint density at radius 3 is 2.48 bits per heavy atom. The number of allylic oxidation sites excluding steroid dienone is 1. The molecular formula is C28H36N3OS+. The van der Waals surface area contributed by atoms with Gasteiger partial charge in [-0.25, -0.2) is 0 Å². The first-order valence-electron chi connectivity index (χ1n) is 11.5. The molecule has 0 fully saturated rings. The standard InChI is InChI=1S/C28H35N3OS/c1-28(2,24-19-21(12-14-25(24)29-3)27(32)30-17-18-33)16-8-9-20-13-15-26(31(4)5)23-11-7-6-10-22(20)23/h6-15,19,29,33H,16-18H2,1-5H3,(H,30,32)/p+1/b9-8+. The van der Waals surface area contributed by atoms with Crippen LogP contribution in [0.3, 0.4) is 0 Å². The molecule has 0 saturated carbocycles. The summed E-state index contributed by atoms with van der Waals surface area (Å²) in [5.41, 5.74) is 5.35. The second-order valence-electron chi connectivity index (χ2n) is 9.17. The van der Waals surface area contributed by atoms with Gasteiger partial charge in [-0.15, -0.1) is 0 Å². The molecule has 0 aliphatic heterocycles. The Bertz CT molecular complexity index is 1150. The Kier molecular flexibility index (Phi) is 8.22. The van der Waals surface area contributed by atoms with E-state index < -0.39 is 0 Å². The zero-order valence-corrected chi connectivity index (χ0v) is 21.2. The third-order valence-electron chi connectivity index (χ3n) is 6.10. The fourth-order valence-electron chi connectivity index (χ4n) is 4.24. The molecule has 0 atom stereocenters. The molecule has 174 valence electrons. The number of carbonyl (C=O) groups excluding carboxylic acids is 1. The van der Waals surface area contributed by atoms with Crippen LogP contribution in [-0.2, 0) is 5.41 Å². The van der Waals surface area contributed by atoms with Crippen LogP contribution >= 0.6 is 12.6 Å². The SMILES string of the molecule is C[NH2+]c1ccc(C(=O)NCCS)cc1C(C)(C)C/C=C/c1ccc(N(C)C)c2ccccc12. The highest BCUT2D eigenvalue weighted by molar-refractivity contribution is 7.80. The zero-order valence-electron chi connectivity index (χ0n) is 20.4. The van der Waals surface area contributed by atoms with E-state index in [0.29, 0.717) is 17.9 Å². The van der Waals surface area contributed by atoms with Crippen molar-refractivity contribution in [2.24, 2.45) is 0 Å². The van der Waals surface area contributed by atoms with E-state index in [0.717, 1.165) is 6.42 Å². The molecule has 0 aliphatic carbocycles. The molecule has 0 saturated heterocycles. The van der Waals surface area contributed by atoms with Crippen LogP contribution in [0.15, 0.2) is 60.7 Å². The molecule has 0 aromatic heterocycles. The number of benzene rings is 3. The normalized spacial score (nSPS) is 11.8. The highest BCUT2D eigenvalue weighted by atomic mass is 32.1. The minimum Gasteiger partial charge on any atom is -0.377 e. The maximum absolute atomic E-state index is 12.5. The van der Waals surface area contributed by atoms with Crippen LogP contribution in [-0.4, -0.2) is 39.3 Å². The lowest BCUT2D eigenvalue weighted by molar-refractivity contribution is -0.540. The van der Waals surface area contributed by atoms with Gasteiger partial charge in [0.15, 0.2) is 0 Å². The van der Waals surface area contributed by atoms with Crippen LogP contribution in [0.1, 0.15) is 41.8 Å². The highest BCUT2D eigenvalue weighted by Crippen LogP contribution is 2.34. The molecule has 0 spiro atoms. The Morgan fingerprint density at radius 2 is 1.82 bits per heavy atom. The largest absolute Gasteiger partial charge is 0.377 e. The second kappa shape index (κ2) is 10.9. The van der Waals surface area contributed by atoms with Gasteiger partial charge in [-0.2, -0.15) is 12.6 Å². The van der Waals surface area contributed by atoms with Crippen LogP contribution < -0.4 is 15.5 Å². The molecule has 0 heterocycles. The summed E-state index contributed by atoms with van der Waals surface area (Å²) in [7, 11) is 6.20. The molecule has 3 N–H and O–H groups in total. The minimum absolute atomic E-state index is 0.0493. The number of nitrogens with two attached hydrogens (primary N) is 1. The lowest BCUT2D eigenvalue weighted by Crippen LogP contribution is -2.73. The van der Waals surface area contributed by atoms with E-state index >= 15 is 0 Å². The Balaban J connectivity index is 1.88. The van der Waals surface area contributed by atoms with Gasteiger partial charge in [-0.05, 0) is 41.0 Å². The minimum atomic E-state index is -0.127. The number of hydrogen-bond acceptors (Lipinski definition) is 3. The average Bonchev–Trinajstić information content (AvgIpc) is 2.81. The van der Waals surface area contributed by atoms with Crippen molar-refractivity contribution < 1.29 is 10.1 Å². The van der Waals surface area contributed by atoms with Crippen LogP contribution in [0.4, 0.5) is 11.4 Å². The van der Waals surface area contributed by atoms with Crippen LogP contribution in [0.25, 0.3) is 16.8 Å². The third kappa shape index (κ3) is 5.79. The van der Waals surface area contributed by atoms with Gasteiger partial charge in [0, 0.05) is 54.7 Å². The molecule has 33 heavy (non-hydrogen) atoms. The Labute approximate surface area is 203 Å². The number of fused-ring (bicyclic) bond motifs is 1. The smallest absolute Gasteiger partial charge is 0.251 e. The van der Waals surface area contributed by atoms with Gasteiger partial charge in [0.2, 0.25) is 0 Å². The summed E-state index contributed by atoms with van der Waals surface area (Å²) in [5, 5.41) is 7.54. The number of amides is 1. The third-order valence-corrected chi connectivity index (χ3v) is 6.32. The fraction of sp³-hybridized carbons (Fsp3) is 0.321. The molecule has 5 heteroatoms. The number of carbonyl (C=O) groups is 1. The summed E-state index contributed by atoms with van der Waals surface area (Å²) < 4.78 is 0. The summed E-state index contributed by atoms with van der Waals surface area (Å²) in [6.07, 6.45) is 5.34. The predicted octanol–water partition coefficient (Wildman–Crippen LogP) is 4.77. The molecule has 3 aromatic rings. The van der Waals surface area contributed by atoms with Crippen molar-refractivity contribution in [3.63, 3.8) is 0 Å². The van der Waals surface area contributed by atoms with Crippen molar-refractivity contribution in [1.82, 2.24) is 5.32 Å². The molecule has 0 aliphatic rings.